The van der Waals surface area contributed by atoms with E-state index >= 15 is 0 Å². The van der Waals surface area contributed by atoms with E-state index in [1.54, 1.807) is 0 Å². The predicted octanol–water partition coefficient (Wildman–Crippen LogP) is 1.68. The molecule has 0 aromatic carbocycles. The molecule has 0 heterocycles. The summed E-state index contributed by atoms with van der Waals surface area (Å²) in [6, 6.07) is 0. The first kappa shape index (κ1) is 6.53. The number of nitrogens with one attached hydrogen (secondary N) is 1. The topological polar surface area (TPSA) is 23.9 Å². The lowest BCUT2D eigenvalue weighted by molar-refractivity contribution is 0.222. The van der Waals surface area contributed by atoms with Crippen LogP contribution < -0.4 is 0 Å². The average Bonchev–Trinajstić information content (AvgIpc) is 1.65. The normalized spacial score (nSPS) is 9.71. The fourth-order valence-corrected chi connectivity index (χ4v) is 0.154. The Morgan fingerprint density at radius 1 is 1.71 bits per heavy atom. The quantitative estimate of drug-likeness (QED) is 0.519. The molecule has 0 rings (SSSR count). The van der Waals surface area contributed by atoms with Crippen LogP contribution in [0.4, 0.5) is 8.78 Å². The number of alkyl halides is 2. The maximum absolute atomic E-state index is 11.2. The van der Waals surface area contributed by atoms with Crippen molar-refractivity contribution in [1.29, 1.82) is 5.41 Å². The first-order valence-electron chi connectivity index (χ1n) is 2.04. The van der Waals surface area contributed by atoms with Crippen LogP contribution in [0.15, 0.2) is 0 Å². The van der Waals surface area contributed by atoms with Gasteiger partial charge in [0.05, 0.1) is 5.71 Å². The van der Waals surface area contributed by atoms with Crippen LogP contribution in [-0.4, -0.2) is 12.1 Å². The Bertz CT molecular complexity index is 70.1. The van der Waals surface area contributed by atoms with Gasteiger partial charge < -0.3 is 5.41 Å². The maximum atomic E-state index is 11.2. The summed E-state index contributed by atoms with van der Waals surface area (Å²) >= 11 is 0. The highest BCUT2D eigenvalue weighted by Crippen LogP contribution is 1.96. The smallest absolute Gasteiger partial charge is 0.275 e. The Hall–Kier alpha value is -0.470. The first-order chi connectivity index (χ1) is 3.18. The molecule has 1 nitrogen and oxygen atoms in total. The Balaban J connectivity index is 3.35. The molecule has 0 aromatic rings. The van der Waals surface area contributed by atoms with Gasteiger partial charge in [-0.1, -0.05) is 6.92 Å². The average molecular weight is 107 g/mol. The number of rotatable bonds is 2. The molecule has 0 spiro atoms. The summed E-state index contributed by atoms with van der Waals surface area (Å²) in [6.45, 7) is 1.54. The molecule has 0 radical (unpaired) electrons. The van der Waals surface area contributed by atoms with Gasteiger partial charge in [-0.2, -0.15) is 0 Å². The van der Waals surface area contributed by atoms with Crippen molar-refractivity contribution in [2.75, 3.05) is 0 Å². The van der Waals surface area contributed by atoms with Gasteiger partial charge >= 0.3 is 0 Å². The third-order valence-electron chi connectivity index (χ3n) is 0.644. The predicted molar refractivity (Wildman–Crippen MR) is 24.0 cm³/mol. The lowest BCUT2D eigenvalue weighted by atomic mass is 10.3. The molecule has 0 saturated heterocycles. The van der Waals surface area contributed by atoms with Crippen LogP contribution in [0.3, 0.4) is 0 Å². The molecule has 0 bridgehead atoms. The Labute approximate surface area is 40.9 Å². The summed E-state index contributed by atoms with van der Waals surface area (Å²) in [7, 11) is 0. The fourth-order valence-electron chi connectivity index (χ4n) is 0.154. The minimum absolute atomic E-state index is 0.150. The minimum atomic E-state index is -2.55. The summed E-state index contributed by atoms with van der Waals surface area (Å²) in [5, 5.41) is 6.44. The lowest BCUT2D eigenvalue weighted by Crippen LogP contribution is -2.05. The highest BCUT2D eigenvalue weighted by molar-refractivity contribution is 5.83. The minimum Gasteiger partial charge on any atom is -0.304 e. The monoisotopic (exact) mass is 107 g/mol. The molecule has 0 atom stereocenters. The van der Waals surface area contributed by atoms with Gasteiger partial charge in [-0.25, -0.2) is 8.78 Å². The van der Waals surface area contributed by atoms with E-state index in [1.807, 2.05) is 0 Å². The second-order valence-electron chi connectivity index (χ2n) is 1.18. The van der Waals surface area contributed by atoms with Gasteiger partial charge in [0.1, 0.15) is 0 Å². The number of halogens is 2. The fraction of sp³-hybridized carbons (Fsp3) is 0.750. The van der Waals surface area contributed by atoms with Crippen molar-refractivity contribution in [3.8, 4) is 0 Å². The molecule has 0 aliphatic carbocycles. The summed E-state index contributed by atoms with van der Waals surface area (Å²) in [5.41, 5.74) is -0.486. The van der Waals surface area contributed by atoms with E-state index in [0.29, 0.717) is 0 Å². The first-order valence-corrected chi connectivity index (χ1v) is 2.04. The van der Waals surface area contributed by atoms with Crippen molar-refractivity contribution >= 4 is 5.71 Å². The van der Waals surface area contributed by atoms with E-state index in [1.165, 1.54) is 6.92 Å². The second-order valence-corrected chi connectivity index (χ2v) is 1.18. The van der Waals surface area contributed by atoms with Crippen molar-refractivity contribution < 1.29 is 8.78 Å². The molecule has 0 amide bonds. The summed E-state index contributed by atoms with van der Waals surface area (Å²) in [5.74, 6) is 0. The Morgan fingerprint density at radius 3 is 2.14 bits per heavy atom. The molecule has 1 N–H and O–H groups in total. The van der Waals surface area contributed by atoms with E-state index in [0.717, 1.165) is 0 Å². The van der Waals surface area contributed by atoms with E-state index in [4.69, 9.17) is 5.41 Å². The Kier molecular flexibility index (Phi) is 2.48. The standard InChI is InChI=1S/C4H7F2N/c1-2-3(7)4(5)6/h4,7H,2H2,1H3. The van der Waals surface area contributed by atoms with Gasteiger partial charge in [-0.15, -0.1) is 0 Å². The molecule has 0 aliphatic rings. The second kappa shape index (κ2) is 2.66. The number of hydrogen-bond donors (Lipinski definition) is 1. The Morgan fingerprint density at radius 2 is 2.14 bits per heavy atom. The highest BCUT2D eigenvalue weighted by atomic mass is 19.3. The maximum Gasteiger partial charge on any atom is 0.275 e. The molecular weight excluding hydrogens is 100 g/mol. The SMILES string of the molecule is CCC(=N)C(F)F. The van der Waals surface area contributed by atoms with Gasteiger partial charge in [-0.05, 0) is 6.42 Å². The molecule has 0 unspecified atom stereocenters. The molecule has 3 heteroatoms. The van der Waals surface area contributed by atoms with Crippen molar-refractivity contribution in [3.63, 3.8) is 0 Å². The summed E-state index contributed by atoms with van der Waals surface area (Å²) in [4.78, 5) is 0. The molecule has 0 aromatic heterocycles. The van der Waals surface area contributed by atoms with Gasteiger partial charge in [0.25, 0.3) is 6.43 Å². The van der Waals surface area contributed by atoms with Gasteiger partial charge in [-0.3, -0.25) is 0 Å². The zero-order chi connectivity index (χ0) is 5.86. The molecule has 0 aliphatic heterocycles. The van der Waals surface area contributed by atoms with E-state index in [-0.39, 0.29) is 6.42 Å². The van der Waals surface area contributed by atoms with Crippen LogP contribution in [0.5, 0.6) is 0 Å². The van der Waals surface area contributed by atoms with Crippen LogP contribution in [0, 0.1) is 5.41 Å². The number of hydrogen-bond acceptors (Lipinski definition) is 1. The zero-order valence-corrected chi connectivity index (χ0v) is 4.04. The van der Waals surface area contributed by atoms with Crippen molar-refractivity contribution in [3.05, 3.63) is 0 Å². The van der Waals surface area contributed by atoms with E-state index < -0.39 is 12.1 Å². The largest absolute Gasteiger partial charge is 0.304 e. The van der Waals surface area contributed by atoms with Crippen LogP contribution in [0.2, 0.25) is 0 Å². The summed E-state index contributed by atoms with van der Waals surface area (Å²) < 4.78 is 22.4. The van der Waals surface area contributed by atoms with Crippen LogP contribution in [-0.2, 0) is 0 Å². The molecule has 0 saturated carbocycles. The van der Waals surface area contributed by atoms with Gasteiger partial charge in [0, 0.05) is 0 Å². The van der Waals surface area contributed by atoms with E-state index in [2.05, 4.69) is 0 Å². The summed E-state index contributed by atoms with van der Waals surface area (Å²) in [6.07, 6.45) is -2.40. The molecule has 42 valence electrons. The van der Waals surface area contributed by atoms with Crippen molar-refractivity contribution in [1.82, 2.24) is 0 Å². The molecular formula is C4H7F2N. The van der Waals surface area contributed by atoms with Crippen LogP contribution in [0.25, 0.3) is 0 Å². The van der Waals surface area contributed by atoms with Crippen molar-refractivity contribution in [2.24, 2.45) is 0 Å². The molecule has 0 fully saturated rings. The third-order valence-corrected chi connectivity index (χ3v) is 0.644. The van der Waals surface area contributed by atoms with E-state index in [9.17, 15) is 8.78 Å². The third kappa shape index (κ3) is 2.25. The van der Waals surface area contributed by atoms with Gasteiger partial charge in [0.2, 0.25) is 0 Å². The van der Waals surface area contributed by atoms with Crippen LogP contribution >= 0.6 is 0 Å². The lowest BCUT2D eigenvalue weighted by Gasteiger charge is -1.92. The van der Waals surface area contributed by atoms with Crippen LogP contribution in [0.1, 0.15) is 13.3 Å². The van der Waals surface area contributed by atoms with Gasteiger partial charge in [0.15, 0.2) is 0 Å². The van der Waals surface area contributed by atoms with Crippen molar-refractivity contribution in [2.45, 2.75) is 19.8 Å². The zero-order valence-electron chi connectivity index (χ0n) is 4.04. The highest BCUT2D eigenvalue weighted by Gasteiger charge is 2.05. The molecule has 7 heavy (non-hydrogen) atoms.